The molecule has 0 amide bonds. The molecule has 0 aliphatic rings. The van der Waals surface area contributed by atoms with Crippen molar-refractivity contribution in [2.45, 2.75) is 6.10 Å². The lowest BCUT2D eigenvalue weighted by Crippen LogP contribution is -2.09. The lowest BCUT2D eigenvalue weighted by atomic mass is 10.00. The van der Waals surface area contributed by atoms with Gasteiger partial charge in [-0.15, -0.1) is 0 Å². The fourth-order valence-corrected chi connectivity index (χ4v) is 3.90. The Morgan fingerprint density at radius 3 is 2.43 bits per heavy atom. The van der Waals surface area contributed by atoms with Gasteiger partial charge in [-0.3, -0.25) is 4.98 Å². The second-order valence-electron chi connectivity index (χ2n) is 6.28. The zero-order valence-corrected chi connectivity index (χ0v) is 16.8. The van der Waals surface area contributed by atoms with E-state index in [4.69, 9.17) is 34.8 Å². The van der Waals surface area contributed by atoms with Gasteiger partial charge in [-0.05, 0) is 48.0 Å². The van der Waals surface area contributed by atoms with Crippen LogP contribution < -0.4 is 0 Å². The van der Waals surface area contributed by atoms with Gasteiger partial charge in [0.1, 0.15) is 6.10 Å². The Bertz CT molecular complexity index is 1130. The molecule has 0 spiro atoms. The summed E-state index contributed by atoms with van der Waals surface area (Å²) in [6, 6.07) is 18.3. The number of rotatable bonds is 4. The van der Waals surface area contributed by atoms with Gasteiger partial charge in [0.15, 0.2) is 0 Å². The molecule has 0 radical (unpaired) electrons. The van der Waals surface area contributed by atoms with Gasteiger partial charge in [0.05, 0.1) is 16.4 Å². The van der Waals surface area contributed by atoms with E-state index in [1.165, 1.54) is 0 Å². The molecule has 6 heteroatoms. The maximum atomic E-state index is 11.2. The molecule has 0 aliphatic heterocycles. The maximum Gasteiger partial charge on any atom is 0.121 e. The summed E-state index contributed by atoms with van der Waals surface area (Å²) in [7, 11) is 0. The lowest BCUT2D eigenvalue weighted by molar-refractivity contribution is 0.213. The van der Waals surface area contributed by atoms with E-state index >= 15 is 0 Å². The van der Waals surface area contributed by atoms with Crippen LogP contribution in [0.3, 0.4) is 0 Å². The van der Waals surface area contributed by atoms with E-state index in [1.807, 2.05) is 53.2 Å². The minimum absolute atomic E-state index is 0.486. The normalized spacial score (nSPS) is 12.1. The van der Waals surface area contributed by atoms with Gasteiger partial charge >= 0.3 is 0 Å². The van der Waals surface area contributed by atoms with Gasteiger partial charge in [0.25, 0.3) is 0 Å². The van der Waals surface area contributed by atoms with Gasteiger partial charge in [0.2, 0.25) is 0 Å². The van der Waals surface area contributed by atoms with E-state index in [-0.39, 0.29) is 0 Å². The van der Waals surface area contributed by atoms with Crippen molar-refractivity contribution in [3.63, 3.8) is 0 Å². The van der Waals surface area contributed by atoms with Crippen LogP contribution in [0.1, 0.15) is 17.4 Å². The number of benzene rings is 2. The van der Waals surface area contributed by atoms with Crippen LogP contribution in [0.25, 0.3) is 16.8 Å². The Morgan fingerprint density at radius 2 is 1.71 bits per heavy atom. The molecule has 140 valence electrons. The van der Waals surface area contributed by atoms with Gasteiger partial charge in [-0.2, -0.15) is 0 Å². The van der Waals surface area contributed by atoms with Crippen molar-refractivity contribution in [1.82, 2.24) is 9.55 Å². The number of aliphatic hydroxyl groups is 1. The van der Waals surface area contributed by atoms with Crippen LogP contribution in [0.5, 0.6) is 0 Å². The number of pyridine rings is 1. The molecule has 1 atom stereocenters. The smallest absolute Gasteiger partial charge is 0.121 e. The molecule has 0 bridgehead atoms. The summed E-state index contributed by atoms with van der Waals surface area (Å²) in [4.78, 5) is 4.13. The van der Waals surface area contributed by atoms with Crippen LogP contribution in [0.15, 0.2) is 79.3 Å². The van der Waals surface area contributed by atoms with Gasteiger partial charge in [-0.25, -0.2) is 0 Å². The zero-order valence-electron chi connectivity index (χ0n) is 14.6. The molecule has 4 rings (SSSR count). The monoisotopic (exact) mass is 428 g/mol. The summed E-state index contributed by atoms with van der Waals surface area (Å²) < 4.78 is 1.87. The lowest BCUT2D eigenvalue weighted by Gasteiger charge is -2.18. The average molecular weight is 430 g/mol. The number of aromatic nitrogens is 2. The van der Waals surface area contributed by atoms with Crippen molar-refractivity contribution < 1.29 is 5.11 Å². The van der Waals surface area contributed by atoms with Crippen molar-refractivity contribution in [1.29, 1.82) is 0 Å². The molecule has 1 unspecified atom stereocenters. The van der Waals surface area contributed by atoms with E-state index in [0.29, 0.717) is 26.3 Å². The van der Waals surface area contributed by atoms with Crippen LogP contribution in [-0.2, 0) is 0 Å². The van der Waals surface area contributed by atoms with Gasteiger partial charge in [-0.1, -0.05) is 53.0 Å². The molecule has 2 aromatic heterocycles. The second-order valence-corrected chi connectivity index (χ2v) is 7.56. The summed E-state index contributed by atoms with van der Waals surface area (Å²) in [5.41, 5.74) is 3.81. The SMILES string of the molecule is OC(c1cccnc1)c1c(-c2cccc(Cl)c2)ccn1-c1ccc(Cl)cc1Cl. The van der Waals surface area contributed by atoms with E-state index < -0.39 is 6.10 Å². The van der Waals surface area contributed by atoms with E-state index in [9.17, 15) is 5.11 Å². The van der Waals surface area contributed by atoms with Crippen molar-refractivity contribution in [2.75, 3.05) is 0 Å². The fourth-order valence-electron chi connectivity index (χ4n) is 3.21. The predicted octanol–water partition coefficient (Wildman–Crippen LogP) is 6.58. The molecule has 2 aromatic carbocycles. The molecule has 0 saturated carbocycles. The number of hydrogen-bond donors (Lipinski definition) is 1. The van der Waals surface area contributed by atoms with Crippen LogP contribution in [0, 0.1) is 0 Å². The summed E-state index contributed by atoms with van der Waals surface area (Å²) >= 11 is 18.7. The summed E-state index contributed by atoms with van der Waals surface area (Å²) in [5, 5.41) is 12.9. The van der Waals surface area contributed by atoms with Crippen molar-refractivity contribution >= 4 is 34.8 Å². The minimum Gasteiger partial charge on any atom is -0.382 e. The van der Waals surface area contributed by atoms with Gasteiger partial charge < -0.3 is 9.67 Å². The molecule has 0 aliphatic carbocycles. The largest absolute Gasteiger partial charge is 0.382 e. The molecular formula is C22H15Cl3N2O. The van der Waals surface area contributed by atoms with Crippen LogP contribution >= 0.6 is 34.8 Å². The van der Waals surface area contributed by atoms with Crippen molar-refractivity contribution in [3.05, 3.63) is 106 Å². The third-order valence-electron chi connectivity index (χ3n) is 4.49. The Balaban J connectivity index is 1.94. The highest BCUT2D eigenvalue weighted by atomic mass is 35.5. The fraction of sp³-hybridized carbons (Fsp3) is 0.0455. The molecule has 2 heterocycles. The second kappa shape index (κ2) is 7.98. The van der Waals surface area contributed by atoms with Crippen LogP contribution in [0.2, 0.25) is 15.1 Å². The molecular weight excluding hydrogens is 415 g/mol. The molecule has 3 nitrogen and oxygen atoms in total. The average Bonchev–Trinajstić information content (AvgIpc) is 3.13. The van der Waals surface area contributed by atoms with Crippen molar-refractivity contribution in [2.24, 2.45) is 0 Å². The summed E-state index contributed by atoms with van der Waals surface area (Å²) in [6.07, 6.45) is 4.28. The number of hydrogen-bond acceptors (Lipinski definition) is 2. The highest BCUT2D eigenvalue weighted by Gasteiger charge is 2.22. The number of halogens is 3. The highest BCUT2D eigenvalue weighted by molar-refractivity contribution is 6.35. The van der Waals surface area contributed by atoms with E-state index in [0.717, 1.165) is 16.8 Å². The molecule has 28 heavy (non-hydrogen) atoms. The number of nitrogens with zero attached hydrogens (tertiary/aromatic N) is 2. The summed E-state index contributed by atoms with van der Waals surface area (Å²) in [5.74, 6) is 0. The van der Waals surface area contributed by atoms with Crippen molar-refractivity contribution in [3.8, 4) is 16.8 Å². The van der Waals surface area contributed by atoms with Crippen LogP contribution in [0.4, 0.5) is 0 Å². The number of aliphatic hydroxyl groups excluding tert-OH is 1. The van der Waals surface area contributed by atoms with E-state index in [2.05, 4.69) is 4.98 Å². The minimum atomic E-state index is -0.913. The third-order valence-corrected chi connectivity index (χ3v) is 5.26. The first-order chi connectivity index (χ1) is 13.5. The quantitative estimate of drug-likeness (QED) is 0.398. The standard InChI is InChI=1S/C22H15Cl3N2O/c23-16-5-1-3-14(11-16)18-8-10-27(20-7-6-17(24)12-19(20)25)21(18)22(28)15-4-2-9-26-13-15/h1-13,22,28H. The Hall–Kier alpha value is -2.30. The highest BCUT2D eigenvalue weighted by Crippen LogP contribution is 2.37. The molecule has 1 N–H and O–H groups in total. The maximum absolute atomic E-state index is 11.2. The first-order valence-corrected chi connectivity index (χ1v) is 9.68. The molecule has 0 saturated heterocycles. The first kappa shape index (κ1) is 19.0. The predicted molar refractivity (Wildman–Crippen MR) is 115 cm³/mol. The zero-order chi connectivity index (χ0) is 19.7. The van der Waals surface area contributed by atoms with Gasteiger partial charge in [0, 0.05) is 39.8 Å². The van der Waals surface area contributed by atoms with Crippen LogP contribution in [-0.4, -0.2) is 14.7 Å². The molecule has 4 aromatic rings. The topological polar surface area (TPSA) is 38.1 Å². The first-order valence-electron chi connectivity index (χ1n) is 8.55. The summed E-state index contributed by atoms with van der Waals surface area (Å²) in [6.45, 7) is 0. The Labute approximate surface area is 177 Å². The third kappa shape index (κ3) is 3.67. The Morgan fingerprint density at radius 1 is 0.893 bits per heavy atom. The Kier molecular flexibility index (Phi) is 5.42. The van der Waals surface area contributed by atoms with E-state index in [1.54, 1.807) is 30.6 Å². The molecule has 0 fully saturated rings.